The summed E-state index contributed by atoms with van der Waals surface area (Å²) in [6, 6.07) is 4.64. The minimum atomic E-state index is -4.38. The number of nitrogens with zero attached hydrogens (tertiary/aromatic N) is 5. The third-order valence-corrected chi connectivity index (χ3v) is 3.43. The van der Waals surface area contributed by atoms with Crippen molar-refractivity contribution in [1.82, 2.24) is 24.5 Å². The van der Waals surface area contributed by atoms with Gasteiger partial charge < -0.3 is 0 Å². The van der Waals surface area contributed by atoms with E-state index in [1.54, 1.807) is 0 Å². The fraction of sp³-hybridized carbons (Fsp3) is 0.286. The number of fused-ring (bicyclic) bond motifs is 1. The van der Waals surface area contributed by atoms with Crippen LogP contribution in [0.2, 0.25) is 0 Å². The Balaban J connectivity index is 1.93. The zero-order chi connectivity index (χ0) is 16.6. The van der Waals surface area contributed by atoms with E-state index in [1.165, 1.54) is 27.7 Å². The smallest absolute Gasteiger partial charge is 0.293 e. The second-order valence-electron chi connectivity index (χ2n) is 4.95. The molecule has 0 bridgehead atoms. The third kappa shape index (κ3) is 2.81. The van der Waals surface area contributed by atoms with Crippen LogP contribution in [0.3, 0.4) is 0 Å². The Labute approximate surface area is 128 Å². The van der Waals surface area contributed by atoms with Crippen molar-refractivity contribution in [3.05, 3.63) is 52.1 Å². The van der Waals surface area contributed by atoms with E-state index in [0.29, 0.717) is 17.8 Å². The summed E-state index contributed by atoms with van der Waals surface area (Å²) in [5.74, 6) is 0. The Kier molecular flexibility index (Phi) is 3.63. The molecule has 0 aliphatic carbocycles. The molecular weight excluding hydrogens is 311 g/mol. The largest absolute Gasteiger partial charge is 0.416 e. The maximum atomic E-state index is 12.5. The quantitative estimate of drug-likeness (QED) is 0.740. The highest BCUT2D eigenvalue weighted by Gasteiger charge is 2.29. The molecule has 23 heavy (non-hydrogen) atoms. The van der Waals surface area contributed by atoms with Gasteiger partial charge in [-0.15, -0.1) is 5.10 Å². The second-order valence-corrected chi connectivity index (χ2v) is 4.95. The lowest BCUT2D eigenvalue weighted by Gasteiger charge is -2.08. The predicted octanol–water partition coefficient (Wildman–Crippen LogP) is 2.08. The molecule has 1 aromatic carbocycles. The fourth-order valence-corrected chi connectivity index (χ4v) is 2.21. The van der Waals surface area contributed by atoms with Gasteiger partial charge in [0.2, 0.25) is 0 Å². The predicted molar refractivity (Wildman–Crippen MR) is 75.8 cm³/mol. The molecule has 0 atom stereocenters. The molecule has 0 fully saturated rings. The van der Waals surface area contributed by atoms with Gasteiger partial charge in [0.15, 0.2) is 11.2 Å². The lowest BCUT2D eigenvalue weighted by atomic mass is 10.1. The molecule has 0 amide bonds. The molecule has 0 N–H and O–H groups in total. The number of alkyl halides is 3. The molecule has 0 aliphatic heterocycles. The SMILES string of the molecule is CCn1nnc2c(=O)n(Cc3ccc(C(F)(F)F)cc3)cnc21. The van der Waals surface area contributed by atoms with Crippen LogP contribution in [0.25, 0.3) is 11.2 Å². The molecule has 6 nitrogen and oxygen atoms in total. The number of aryl methyl sites for hydroxylation is 1. The van der Waals surface area contributed by atoms with Crippen molar-refractivity contribution in [3.63, 3.8) is 0 Å². The highest BCUT2D eigenvalue weighted by atomic mass is 19.4. The molecular formula is C14H12F3N5O. The lowest BCUT2D eigenvalue weighted by Crippen LogP contribution is -2.21. The minimum absolute atomic E-state index is 0.110. The Morgan fingerprint density at radius 3 is 2.48 bits per heavy atom. The van der Waals surface area contributed by atoms with Crippen LogP contribution in [0.5, 0.6) is 0 Å². The van der Waals surface area contributed by atoms with E-state index in [1.807, 2.05) is 6.92 Å². The first-order valence-electron chi connectivity index (χ1n) is 6.85. The average Bonchev–Trinajstić information content (AvgIpc) is 2.93. The first-order valence-corrected chi connectivity index (χ1v) is 6.85. The van der Waals surface area contributed by atoms with Crippen molar-refractivity contribution >= 4 is 11.2 Å². The molecule has 3 aromatic rings. The van der Waals surface area contributed by atoms with E-state index in [9.17, 15) is 18.0 Å². The highest BCUT2D eigenvalue weighted by molar-refractivity contribution is 5.67. The zero-order valence-corrected chi connectivity index (χ0v) is 12.1. The first-order chi connectivity index (χ1) is 10.9. The van der Waals surface area contributed by atoms with E-state index < -0.39 is 11.7 Å². The molecule has 0 aliphatic rings. The summed E-state index contributed by atoms with van der Waals surface area (Å²) in [4.78, 5) is 16.5. The second kappa shape index (κ2) is 5.49. The van der Waals surface area contributed by atoms with E-state index in [-0.39, 0.29) is 17.6 Å². The summed E-state index contributed by atoms with van der Waals surface area (Å²) in [6.45, 7) is 2.49. The highest BCUT2D eigenvalue weighted by Crippen LogP contribution is 2.29. The van der Waals surface area contributed by atoms with Crippen molar-refractivity contribution in [3.8, 4) is 0 Å². The van der Waals surface area contributed by atoms with Gasteiger partial charge in [-0.05, 0) is 24.6 Å². The standard InChI is InChI=1S/C14H12F3N5O/c1-2-22-12-11(19-20-22)13(23)21(8-18-12)7-9-3-5-10(6-4-9)14(15,16)17/h3-6,8H,2,7H2,1H3. The van der Waals surface area contributed by atoms with Crippen LogP contribution in [-0.2, 0) is 19.3 Å². The summed E-state index contributed by atoms with van der Waals surface area (Å²) in [6.07, 6.45) is -3.04. The van der Waals surface area contributed by atoms with Crippen LogP contribution in [0.4, 0.5) is 13.2 Å². The third-order valence-electron chi connectivity index (χ3n) is 3.43. The van der Waals surface area contributed by atoms with Crippen molar-refractivity contribution in [1.29, 1.82) is 0 Å². The molecule has 0 spiro atoms. The van der Waals surface area contributed by atoms with Gasteiger partial charge >= 0.3 is 6.18 Å². The van der Waals surface area contributed by atoms with Crippen LogP contribution in [-0.4, -0.2) is 24.5 Å². The van der Waals surface area contributed by atoms with E-state index in [0.717, 1.165) is 12.1 Å². The maximum Gasteiger partial charge on any atom is 0.416 e. The Morgan fingerprint density at radius 2 is 1.87 bits per heavy atom. The topological polar surface area (TPSA) is 65.6 Å². The normalized spacial score (nSPS) is 12.0. The number of aromatic nitrogens is 5. The Bertz CT molecular complexity index is 895. The first kappa shape index (κ1) is 15.2. The fourth-order valence-electron chi connectivity index (χ4n) is 2.21. The molecule has 120 valence electrons. The number of benzene rings is 1. The van der Waals surface area contributed by atoms with Gasteiger partial charge in [0.05, 0.1) is 12.1 Å². The molecule has 0 saturated heterocycles. The molecule has 0 radical (unpaired) electrons. The summed E-state index contributed by atoms with van der Waals surface area (Å²) < 4.78 is 40.4. The molecule has 2 aromatic heterocycles. The average molecular weight is 323 g/mol. The van der Waals surface area contributed by atoms with Gasteiger partial charge in [-0.2, -0.15) is 13.2 Å². The van der Waals surface area contributed by atoms with Crippen LogP contribution >= 0.6 is 0 Å². The number of hydrogen-bond acceptors (Lipinski definition) is 4. The van der Waals surface area contributed by atoms with Crippen LogP contribution in [0.1, 0.15) is 18.1 Å². The van der Waals surface area contributed by atoms with Crippen molar-refractivity contribution < 1.29 is 13.2 Å². The zero-order valence-electron chi connectivity index (χ0n) is 12.1. The van der Waals surface area contributed by atoms with Crippen molar-refractivity contribution in [2.24, 2.45) is 0 Å². The molecule has 0 unspecified atom stereocenters. The van der Waals surface area contributed by atoms with Crippen LogP contribution in [0.15, 0.2) is 35.4 Å². The summed E-state index contributed by atoms with van der Waals surface area (Å²) >= 11 is 0. The van der Waals surface area contributed by atoms with Gasteiger partial charge in [-0.25, -0.2) is 9.67 Å². The van der Waals surface area contributed by atoms with Crippen LogP contribution in [0, 0.1) is 0 Å². The molecule has 2 heterocycles. The molecule has 3 rings (SSSR count). The van der Waals surface area contributed by atoms with Crippen molar-refractivity contribution in [2.75, 3.05) is 0 Å². The van der Waals surface area contributed by atoms with Gasteiger partial charge in [-0.1, -0.05) is 17.3 Å². The Hall–Kier alpha value is -2.71. The molecule has 0 saturated carbocycles. The molecule has 9 heteroatoms. The summed E-state index contributed by atoms with van der Waals surface area (Å²) in [5.41, 5.74) is -0.0192. The minimum Gasteiger partial charge on any atom is -0.293 e. The summed E-state index contributed by atoms with van der Waals surface area (Å²) in [7, 11) is 0. The van der Waals surface area contributed by atoms with Gasteiger partial charge in [0, 0.05) is 6.54 Å². The number of rotatable bonds is 3. The van der Waals surface area contributed by atoms with E-state index in [2.05, 4.69) is 15.3 Å². The number of halogens is 3. The summed E-state index contributed by atoms with van der Waals surface area (Å²) in [5, 5.41) is 7.63. The monoisotopic (exact) mass is 323 g/mol. The maximum absolute atomic E-state index is 12.5. The van der Waals surface area contributed by atoms with Gasteiger partial charge in [0.25, 0.3) is 5.56 Å². The Morgan fingerprint density at radius 1 is 1.17 bits per heavy atom. The van der Waals surface area contributed by atoms with E-state index >= 15 is 0 Å². The van der Waals surface area contributed by atoms with Crippen LogP contribution < -0.4 is 5.56 Å². The lowest BCUT2D eigenvalue weighted by molar-refractivity contribution is -0.137. The van der Waals surface area contributed by atoms with Gasteiger partial charge in [-0.3, -0.25) is 9.36 Å². The number of hydrogen-bond donors (Lipinski definition) is 0. The van der Waals surface area contributed by atoms with Crippen molar-refractivity contribution in [2.45, 2.75) is 26.2 Å². The van der Waals surface area contributed by atoms with Gasteiger partial charge in [0.1, 0.15) is 6.33 Å². The van der Waals surface area contributed by atoms with E-state index in [4.69, 9.17) is 0 Å².